The molecule has 2 aromatic heterocycles. The van der Waals surface area contributed by atoms with E-state index in [-0.39, 0.29) is 5.91 Å². The van der Waals surface area contributed by atoms with Gasteiger partial charge in [-0.1, -0.05) is 49.1 Å². The van der Waals surface area contributed by atoms with E-state index in [1.165, 1.54) is 12.0 Å². The topological polar surface area (TPSA) is 83.6 Å². The van der Waals surface area contributed by atoms with Crippen molar-refractivity contribution in [2.24, 2.45) is 0 Å². The van der Waals surface area contributed by atoms with E-state index < -0.39 is 5.41 Å². The minimum Gasteiger partial charge on any atom is -0.355 e. The Morgan fingerprint density at radius 2 is 1.79 bits per heavy atom. The molecule has 0 saturated heterocycles. The fourth-order valence-corrected chi connectivity index (χ4v) is 4.18. The average molecular weight is 390 g/mol. The van der Waals surface area contributed by atoms with Gasteiger partial charge >= 0.3 is 0 Å². The van der Waals surface area contributed by atoms with Crippen LogP contribution in [-0.2, 0) is 16.6 Å². The summed E-state index contributed by atoms with van der Waals surface area (Å²) < 4.78 is 0. The Hall–Kier alpha value is -3.02. The summed E-state index contributed by atoms with van der Waals surface area (Å²) in [4.78, 5) is 21.8. The fraction of sp³-hybridized carbons (Fsp3) is 0.391. The Morgan fingerprint density at radius 3 is 2.52 bits per heavy atom. The van der Waals surface area contributed by atoms with Crippen LogP contribution in [0.1, 0.15) is 49.1 Å². The van der Waals surface area contributed by atoms with Crippen LogP contribution in [0, 0.1) is 6.92 Å². The van der Waals surface area contributed by atoms with E-state index in [0.717, 1.165) is 42.6 Å². The highest BCUT2D eigenvalue weighted by Crippen LogP contribution is 2.39. The van der Waals surface area contributed by atoms with E-state index in [1.54, 1.807) is 12.4 Å². The molecule has 4 rings (SSSR count). The number of benzene rings is 1. The number of hydrogen-bond acceptors (Lipinski definition) is 4. The van der Waals surface area contributed by atoms with E-state index >= 15 is 0 Å². The van der Waals surface area contributed by atoms with Crippen LogP contribution in [0.25, 0.3) is 11.4 Å². The highest BCUT2D eigenvalue weighted by atomic mass is 16.2. The van der Waals surface area contributed by atoms with Crippen molar-refractivity contribution in [3.8, 4) is 11.4 Å². The number of aromatic amines is 1. The van der Waals surface area contributed by atoms with Gasteiger partial charge in [-0.2, -0.15) is 5.10 Å². The Morgan fingerprint density at radius 1 is 1.07 bits per heavy atom. The Bertz CT molecular complexity index is 943. The molecule has 1 fully saturated rings. The number of hydrogen-bond donors (Lipinski definition) is 2. The van der Waals surface area contributed by atoms with Gasteiger partial charge in [0.05, 0.1) is 5.41 Å². The SMILES string of the molecule is Cc1ccc(C2(C(=O)NCCc3nc(-c4ccncc4)n[nH]3)CCCCC2)cc1. The molecule has 1 aromatic carbocycles. The summed E-state index contributed by atoms with van der Waals surface area (Å²) in [5, 5.41) is 10.4. The number of nitrogens with one attached hydrogen (secondary N) is 2. The molecule has 29 heavy (non-hydrogen) atoms. The highest BCUT2D eigenvalue weighted by molar-refractivity contribution is 5.88. The van der Waals surface area contributed by atoms with Crippen LogP contribution < -0.4 is 5.32 Å². The van der Waals surface area contributed by atoms with Crippen LogP contribution >= 0.6 is 0 Å². The number of rotatable bonds is 6. The maximum atomic E-state index is 13.3. The first-order valence-corrected chi connectivity index (χ1v) is 10.3. The third-order valence-corrected chi connectivity index (χ3v) is 5.86. The van der Waals surface area contributed by atoms with Gasteiger partial charge in [0.1, 0.15) is 5.82 Å². The molecule has 0 bridgehead atoms. The molecule has 0 spiro atoms. The molecule has 1 aliphatic carbocycles. The predicted octanol–water partition coefficient (Wildman–Crippen LogP) is 3.74. The molecule has 2 N–H and O–H groups in total. The molecule has 3 aromatic rings. The first-order valence-electron chi connectivity index (χ1n) is 10.3. The zero-order valence-electron chi connectivity index (χ0n) is 16.8. The molecule has 0 aliphatic heterocycles. The summed E-state index contributed by atoms with van der Waals surface area (Å²) in [6, 6.07) is 12.2. The third-order valence-electron chi connectivity index (χ3n) is 5.86. The van der Waals surface area contributed by atoms with Crippen molar-refractivity contribution in [2.45, 2.75) is 50.9 Å². The number of amides is 1. The molecule has 1 amide bonds. The van der Waals surface area contributed by atoms with Gasteiger partial charge in [-0.05, 0) is 37.5 Å². The number of nitrogens with zero attached hydrogens (tertiary/aromatic N) is 3. The molecular formula is C23H27N5O. The van der Waals surface area contributed by atoms with Gasteiger partial charge in [0.2, 0.25) is 5.91 Å². The molecule has 2 heterocycles. The minimum absolute atomic E-state index is 0.134. The van der Waals surface area contributed by atoms with Crippen molar-refractivity contribution in [3.05, 3.63) is 65.7 Å². The molecule has 0 unspecified atom stereocenters. The van der Waals surface area contributed by atoms with Gasteiger partial charge in [-0.3, -0.25) is 14.9 Å². The van der Waals surface area contributed by atoms with Crippen LogP contribution in [0.5, 0.6) is 0 Å². The van der Waals surface area contributed by atoms with Crippen LogP contribution in [0.2, 0.25) is 0 Å². The number of pyridine rings is 1. The minimum atomic E-state index is -0.407. The van der Waals surface area contributed by atoms with Crippen LogP contribution in [-0.4, -0.2) is 32.6 Å². The Labute approximate surface area is 171 Å². The normalized spacial score (nSPS) is 15.8. The first-order chi connectivity index (χ1) is 14.2. The summed E-state index contributed by atoms with van der Waals surface area (Å²) in [5.74, 6) is 1.55. The maximum absolute atomic E-state index is 13.3. The lowest BCUT2D eigenvalue weighted by Gasteiger charge is -2.36. The lowest BCUT2D eigenvalue weighted by Crippen LogP contribution is -2.46. The lowest BCUT2D eigenvalue weighted by molar-refractivity contribution is -0.128. The smallest absolute Gasteiger partial charge is 0.230 e. The molecule has 6 nitrogen and oxygen atoms in total. The Kier molecular flexibility index (Phi) is 5.69. The number of H-pyrrole nitrogens is 1. The van der Waals surface area contributed by atoms with Gasteiger partial charge in [0.15, 0.2) is 5.82 Å². The summed E-state index contributed by atoms with van der Waals surface area (Å²) >= 11 is 0. The van der Waals surface area contributed by atoms with E-state index in [4.69, 9.17) is 0 Å². The largest absolute Gasteiger partial charge is 0.355 e. The second-order valence-electron chi connectivity index (χ2n) is 7.86. The van der Waals surface area contributed by atoms with Crippen LogP contribution in [0.4, 0.5) is 0 Å². The fourth-order valence-electron chi connectivity index (χ4n) is 4.18. The summed E-state index contributed by atoms with van der Waals surface area (Å²) in [5.41, 5.74) is 2.87. The van der Waals surface area contributed by atoms with E-state index in [0.29, 0.717) is 18.8 Å². The Balaban J connectivity index is 1.41. The van der Waals surface area contributed by atoms with E-state index in [9.17, 15) is 4.79 Å². The van der Waals surface area contributed by atoms with E-state index in [2.05, 4.69) is 56.7 Å². The van der Waals surface area contributed by atoms with Crippen molar-refractivity contribution in [1.82, 2.24) is 25.5 Å². The van der Waals surface area contributed by atoms with Crippen molar-refractivity contribution in [3.63, 3.8) is 0 Å². The van der Waals surface area contributed by atoms with Crippen molar-refractivity contribution in [2.75, 3.05) is 6.54 Å². The summed E-state index contributed by atoms with van der Waals surface area (Å²) in [6.07, 6.45) is 9.29. The van der Waals surface area contributed by atoms with Gasteiger partial charge < -0.3 is 5.32 Å². The second-order valence-corrected chi connectivity index (χ2v) is 7.86. The zero-order valence-corrected chi connectivity index (χ0v) is 16.8. The highest BCUT2D eigenvalue weighted by Gasteiger charge is 2.40. The summed E-state index contributed by atoms with van der Waals surface area (Å²) in [7, 11) is 0. The van der Waals surface area contributed by atoms with Crippen LogP contribution in [0.3, 0.4) is 0 Å². The maximum Gasteiger partial charge on any atom is 0.230 e. The van der Waals surface area contributed by atoms with Crippen LogP contribution in [0.15, 0.2) is 48.8 Å². The molecule has 150 valence electrons. The van der Waals surface area contributed by atoms with Gasteiger partial charge in [0, 0.05) is 30.9 Å². The van der Waals surface area contributed by atoms with Crippen molar-refractivity contribution >= 4 is 5.91 Å². The van der Waals surface area contributed by atoms with Crippen molar-refractivity contribution < 1.29 is 4.79 Å². The molecular weight excluding hydrogens is 362 g/mol. The van der Waals surface area contributed by atoms with E-state index in [1.807, 2.05) is 12.1 Å². The average Bonchev–Trinajstić information content (AvgIpc) is 3.24. The molecule has 0 radical (unpaired) electrons. The number of carbonyl (C=O) groups is 1. The number of aromatic nitrogens is 4. The zero-order chi connectivity index (χ0) is 20.1. The number of aryl methyl sites for hydroxylation is 1. The second kappa shape index (κ2) is 8.55. The summed E-state index contributed by atoms with van der Waals surface area (Å²) in [6.45, 7) is 2.62. The molecule has 0 atom stereocenters. The lowest BCUT2D eigenvalue weighted by atomic mass is 9.68. The van der Waals surface area contributed by atoms with Gasteiger partial charge in [-0.15, -0.1) is 0 Å². The number of carbonyl (C=O) groups excluding carboxylic acids is 1. The monoisotopic (exact) mass is 389 g/mol. The quantitative estimate of drug-likeness (QED) is 0.673. The standard InChI is InChI=1S/C23H27N5O/c1-17-5-7-19(8-6-17)23(12-3-2-4-13-23)22(29)25-16-11-20-26-21(28-27-20)18-9-14-24-15-10-18/h5-10,14-15H,2-4,11-13,16H2,1H3,(H,25,29)(H,26,27,28). The molecule has 1 aliphatic rings. The third kappa shape index (κ3) is 4.21. The molecule has 1 saturated carbocycles. The van der Waals surface area contributed by atoms with Gasteiger partial charge in [0.25, 0.3) is 0 Å². The van der Waals surface area contributed by atoms with Crippen molar-refractivity contribution in [1.29, 1.82) is 0 Å². The first kappa shape index (κ1) is 19.3. The predicted molar refractivity (Wildman–Crippen MR) is 112 cm³/mol. The van der Waals surface area contributed by atoms with Gasteiger partial charge in [-0.25, -0.2) is 4.98 Å². The molecule has 6 heteroatoms.